The van der Waals surface area contributed by atoms with E-state index in [1.165, 1.54) is 22.7 Å². The van der Waals surface area contributed by atoms with Gasteiger partial charge in [0, 0.05) is 0 Å². The first kappa shape index (κ1) is 8.73. The van der Waals surface area contributed by atoms with Crippen LogP contribution >= 0.6 is 23.1 Å². The van der Waals surface area contributed by atoms with Crippen molar-refractivity contribution < 1.29 is 0 Å². The van der Waals surface area contributed by atoms with E-state index in [1.54, 1.807) is 0 Å². The molecule has 0 aliphatic heterocycles. The lowest BCUT2D eigenvalue weighted by atomic mass is 10.1. The quantitative estimate of drug-likeness (QED) is 0.697. The van der Waals surface area contributed by atoms with Gasteiger partial charge < -0.3 is 0 Å². The van der Waals surface area contributed by atoms with Gasteiger partial charge in [-0.05, 0) is 30.1 Å². The molecule has 0 saturated carbocycles. The van der Waals surface area contributed by atoms with Gasteiger partial charge in [0.25, 0.3) is 0 Å². The van der Waals surface area contributed by atoms with Crippen LogP contribution < -0.4 is 0 Å². The molecule has 0 atom stereocenters. The minimum absolute atomic E-state index is 0.571. The molecule has 13 heavy (non-hydrogen) atoms. The molecule has 0 saturated heterocycles. The van der Waals surface area contributed by atoms with E-state index in [0.29, 0.717) is 5.15 Å². The molecule has 0 unspecified atom stereocenters. The van der Waals surface area contributed by atoms with Crippen LogP contribution in [-0.4, -0.2) is 4.37 Å². The molecule has 2 aromatic rings. The van der Waals surface area contributed by atoms with Crippen LogP contribution in [0, 0.1) is 6.92 Å². The third-order valence-corrected chi connectivity index (χ3v) is 2.92. The van der Waals surface area contributed by atoms with Crippen molar-refractivity contribution in [2.24, 2.45) is 0 Å². The zero-order valence-electron chi connectivity index (χ0n) is 7.12. The summed E-state index contributed by atoms with van der Waals surface area (Å²) in [6.45, 7) is 2.08. The van der Waals surface area contributed by atoms with Gasteiger partial charge in [0.1, 0.15) is 5.15 Å². The van der Waals surface area contributed by atoms with E-state index < -0.39 is 0 Å². The molecule has 1 aromatic carbocycles. The number of benzene rings is 1. The van der Waals surface area contributed by atoms with Crippen LogP contribution in [0.1, 0.15) is 5.56 Å². The molecular weight excluding hydrogens is 202 g/mol. The molecule has 3 heteroatoms. The molecule has 1 nitrogen and oxygen atoms in total. The predicted octanol–water partition coefficient (Wildman–Crippen LogP) is 3.77. The molecule has 0 spiro atoms. The number of aryl methyl sites for hydroxylation is 1. The Morgan fingerprint density at radius 3 is 2.77 bits per heavy atom. The molecule has 0 fully saturated rings. The Bertz CT molecular complexity index is 422. The number of halogens is 1. The van der Waals surface area contributed by atoms with Crippen LogP contribution in [0.4, 0.5) is 0 Å². The highest BCUT2D eigenvalue weighted by Gasteiger charge is 2.01. The van der Waals surface area contributed by atoms with E-state index in [-0.39, 0.29) is 0 Å². The van der Waals surface area contributed by atoms with E-state index in [9.17, 15) is 0 Å². The predicted molar refractivity (Wildman–Crippen MR) is 57.3 cm³/mol. The minimum Gasteiger partial charge on any atom is -0.180 e. The smallest absolute Gasteiger partial charge is 0.143 e. The van der Waals surface area contributed by atoms with Crippen LogP contribution in [0.3, 0.4) is 0 Å². The summed E-state index contributed by atoms with van der Waals surface area (Å²) in [4.78, 5) is 1.12. The molecule has 1 aromatic heterocycles. The van der Waals surface area contributed by atoms with Gasteiger partial charge in [0.05, 0.1) is 4.88 Å². The van der Waals surface area contributed by atoms with Crippen LogP contribution in [0.25, 0.3) is 10.4 Å². The fraction of sp³-hybridized carbons (Fsp3) is 0.100. The summed E-state index contributed by atoms with van der Waals surface area (Å²) in [5.41, 5.74) is 2.44. The SMILES string of the molecule is Cc1cccc(-c2cc(Cl)ns2)c1. The summed E-state index contributed by atoms with van der Waals surface area (Å²) in [6.07, 6.45) is 0. The Labute approximate surface area is 86.2 Å². The van der Waals surface area contributed by atoms with Gasteiger partial charge in [-0.15, -0.1) is 0 Å². The fourth-order valence-corrected chi connectivity index (χ4v) is 2.10. The maximum Gasteiger partial charge on any atom is 0.143 e. The van der Waals surface area contributed by atoms with Crippen molar-refractivity contribution in [3.05, 3.63) is 41.0 Å². The molecule has 0 N–H and O–H groups in total. The van der Waals surface area contributed by atoms with Gasteiger partial charge in [-0.25, -0.2) is 0 Å². The first-order valence-electron chi connectivity index (χ1n) is 3.95. The van der Waals surface area contributed by atoms with Crippen LogP contribution in [-0.2, 0) is 0 Å². The average Bonchev–Trinajstić information content (AvgIpc) is 2.52. The number of nitrogens with zero attached hydrogens (tertiary/aromatic N) is 1. The molecule has 0 bridgehead atoms. The zero-order valence-corrected chi connectivity index (χ0v) is 8.69. The standard InChI is InChI=1S/C10H8ClNS/c1-7-3-2-4-8(5-7)9-6-10(11)12-13-9/h2-6H,1H3. The first-order valence-corrected chi connectivity index (χ1v) is 5.10. The average molecular weight is 210 g/mol. The normalized spacial score (nSPS) is 10.3. The molecule has 1 heterocycles. The van der Waals surface area contributed by atoms with Crippen molar-refractivity contribution in [3.63, 3.8) is 0 Å². The van der Waals surface area contributed by atoms with Crippen molar-refractivity contribution in [2.75, 3.05) is 0 Å². The number of rotatable bonds is 1. The van der Waals surface area contributed by atoms with Gasteiger partial charge in [0.15, 0.2) is 0 Å². The Morgan fingerprint density at radius 2 is 2.15 bits per heavy atom. The summed E-state index contributed by atoms with van der Waals surface area (Å²) >= 11 is 7.18. The highest BCUT2D eigenvalue weighted by molar-refractivity contribution is 7.09. The van der Waals surface area contributed by atoms with Gasteiger partial charge >= 0.3 is 0 Å². The van der Waals surface area contributed by atoms with Crippen molar-refractivity contribution in [1.82, 2.24) is 4.37 Å². The Kier molecular flexibility index (Phi) is 2.34. The van der Waals surface area contributed by atoms with Crippen LogP contribution in [0.15, 0.2) is 30.3 Å². The monoisotopic (exact) mass is 209 g/mol. The number of hydrogen-bond donors (Lipinski definition) is 0. The van der Waals surface area contributed by atoms with Crippen LogP contribution in [0.2, 0.25) is 5.15 Å². The highest BCUT2D eigenvalue weighted by atomic mass is 35.5. The summed E-state index contributed by atoms with van der Waals surface area (Å²) in [6, 6.07) is 10.2. The molecule has 66 valence electrons. The summed E-state index contributed by atoms with van der Waals surface area (Å²) < 4.78 is 4.03. The third-order valence-electron chi connectivity index (χ3n) is 1.78. The van der Waals surface area contributed by atoms with Gasteiger partial charge in [-0.3, -0.25) is 0 Å². The van der Waals surface area contributed by atoms with Crippen molar-refractivity contribution in [2.45, 2.75) is 6.92 Å². The largest absolute Gasteiger partial charge is 0.180 e. The summed E-state index contributed by atoms with van der Waals surface area (Å²) in [5.74, 6) is 0. The lowest BCUT2D eigenvalue weighted by molar-refractivity contribution is 1.48. The minimum atomic E-state index is 0.571. The second kappa shape index (κ2) is 3.48. The van der Waals surface area contributed by atoms with Gasteiger partial charge in [-0.1, -0.05) is 41.4 Å². The van der Waals surface area contributed by atoms with Crippen molar-refractivity contribution in [3.8, 4) is 10.4 Å². The molecule has 0 aliphatic carbocycles. The highest BCUT2D eigenvalue weighted by Crippen LogP contribution is 2.26. The van der Waals surface area contributed by atoms with E-state index in [1.807, 2.05) is 12.1 Å². The lowest BCUT2D eigenvalue weighted by Gasteiger charge is -1.96. The maximum absolute atomic E-state index is 5.75. The lowest BCUT2D eigenvalue weighted by Crippen LogP contribution is -1.73. The molecule has 2 rings (SSSR count). The summed E-state index contributed by atoms with van der Waals surface area (Å²) in [7, 11) is 0. The fourth-order valence-electron chi connectivity index (χ4n) is 1.19. The Hall–Kier alpha value is -0.860. The summed E-state index contributed by atoms with van der Waals surface area (Å²) in [5, 5.41) is 0.571. The zero-order chi connectivity index (χ0) is 9.26. The topological polar surface area (TPSA) is 12.9 Å². The molecule has 0 radical (unpaired) electrons. The van der Waals surface area contributed by atoms with Gasteiger partial charge in [0.2, 0.25) is 0 Å². The van der Waals surface area contributed by atoms with Crippen molar-refractivity contribution in [1.29, 1.82) is 0 Å². The van der Waals surface area contributed by atoms with Gasteiger partial charge in [-0.2, -0.15) is 4.37 Å². The first-order chi connectivity index (χ1) is 6.25. The third kappa shape index (κ3) is 1.90. The number of aromatic nitrogens is 1. The molecule has 0 aliphatic rings. The van der Waals surface area contributed by atoms with E-state index in [4.69, 9.17) is 11.6 Å². The van der Waals surface area contributed by atoms with Crippen LogP contribution in [0.5, 0.6) is 0 Å². The maximum atomic E-state index is 5.75. The van der Waals surface area contributed by atoms with E-state index in [2.05, 4.69) is 29.5 Å². The van der Waals surface area contributed by atoms with E-state index >= 15 is 0 Å². The van der Waals surface area contributed by atoms with Crippen molar-refractivity contribution >= 4 is 23.1 Å². The second-order valence-electron chi connectivity index (χ2n) is 2.88. The Balaban J connectivity index is 2.46. The number of hydrogen-bond acceptors (Lipinski definition) is 2. The molecular formula is C10H8ClNS. The Morgan fingerprint density at radius 1 is 1.31 bits per heavy atom. The second-order valence-corrected chi connectivity index (χ2v) is 4.08. The molecule has 0 amide bonds. The van der Waals surface area contributed by atoms with E-state index in [0.717, 1.165) is 4.88 Å².